The summed E-state index contributed by atoms with van der Waals surface area (Å²) in [4.78, 5) is 21.0. The third kappa shape index (κ3) is 3.40. The molecule has 0 aliphatic rings. The number of hydrogen-bond acceptors (Lipinski definition) is 2. The lowest BCUT2D eigenvalue weighted by Gasteiger charge is -2.01. The molecule has 4 heteroatoms. The monoisotopic (exact) mass is 157 g/mol. The number of aliphatic carboxylic acids is 1. The molecule has 11 heavy (non-hydrogen) atoms. The van der Waals surface area contributed by atoms with Gasteiger partial charge in [-0.15, -0.1) is 0 Å². The molecule has 1 amide bonds. The molecule has 0 aliphatic carbocycles. The number of hydrogen-bond donors (Lipinski definition) is 2. The Balaban J connectivity index is 4.12. The number of nitrogens with one attached hydrogen (secondary N) is 1. The molecule has 2 N–H and O–H groups in total. The van der Waals surface area contributed by atoms with Gasteiger partial charge >= 0.3 is 5.97 Å². The van der Waals surface area contributed by atoms with Gasteiger partial charge < -0.3 is 10.4 Å². The summed E-state index contributed by atoms with van der Waals surface area (Å²) in [5.41, 5.74) is -0.0724. The third-order valence-corrected chi connectivity index (χ3v) is 1.11. The second kappa shape index (κ2) is 4.49. The smallest absolute Gasteiger partial charge is 0.352 e. The molecule has 0 heterocycles. The van der Waals surface area contributed by atoms with E-state index in [2.05, 4.69) is 5.32 Å². The molecule has 0 atom stereocenters. The first-order chi connectivity index (χ1) is 5.11. The van der Waals surface area contributed by atoms with Crippen molar-refractivity contribution in [2.24, 2.45) is 0 Å². The first-order valence-electron chi connectivity index (χ1n) is 3.31. The van der Waals surface area contributed by atoms with Crippen LogP contribution in [0.2, 0.25) is 0 Å². The molecule has 0 radical (unpaired) electrons. The van der Waals surface area contributed by atoms with E-state index in [1.54, 1.807) is 13.8 Å². The maximum Gasteiger partial charge on any atom is 0.352 e. The van der Waals surface area contributed by atoms with Crippen LogP contribution in [0.1, 0.15) is 20.3 Å². The average molecular weight is 157 g/mol. The molecular weight excluding hydrogens is 146 g/mol. The second-order valence-corrected chi connectivity index (χ2v) is 1.91. The maximum atomic E-state index is 10.7. The molecular formula is C7H11NO3. The fraction of sp³-hybridized carbons (Fsp3) is 0.429. The van der Waals surface area contributed by atoms with Gasteiger partial charge in [-0.25, -0.2) is 4.79 Å². The summed E-state index contributed by atoms with van der Waals surface area (Å²) in [6.07, 6.45) is 1.63. The van der Waals surface area contributed by atoms with Crippen molar-refractivity contribution in [1.29, 1.82) is 0 Å². The Labute approximate surface area is 64.9 Å². The molecule has 0 spiro atoms. The molecule has 0 fully saturated rings. The molecule has 4 nitrogen and oxygen atoms in total. The van der Waals surface area contributed by atoms with E-state index in [9.17, 15) is 9.59 Å². The predicted octanol–water partition coefficient (Wildman–Crippen LogP) is 0.501. The van der Waals surface area contributed by atoms with Crippen molar-refractivity contribution in [1.82, 2.24) is 5.32 Å². The summed E-state index contributed by atoms with van der Waals surface area (Å²) < 4.78 is 0. The van der Waals surface area contributed by atoms with Gasteiger partial charge in [-0.1, -0.05) is 13.0 Å². The zero-order valence-corrected chi connectivity index (χ0v) is 6.55. The fourth-order valence-electron chi connectivity index (χ4n) is 0.488. The van der Waals surface area contributed by atoms with Crippen molar-refractivity contribution in [3.8, 4) is 0 Å². The van der Waals surface area contributed by atoms with Gasteiger partial charge in [0.2, 0.25) is 5.91 Å². The van der Waals surface area contributed by atoms with Gasteiger partial charge in [0.15, 0.2) is 0 Å². The molecule has 0 saturated heterocycles. The van der Waals surface area contributed by atoms with Crippen LogP contribution in [0.5, 0.6) is 0 Å². The highest BCUT2D eigenvalue weighted by molar-refractivity contribution is 5.92. The topological polar surface area (TPSA) is 66.4 Å². The van der Waals surface area contributed by atoms with Crippen molar-refractivity contribution in [3.63, 3.8) is 0 Å². The molecule has 0 aromatic rings. The average Bonchev–Trinajstić information content (AvgIpc) is 1.99. The Bertz CT molecular complexity index is 196. The quantitative estimate of drug-likeness (QED) is 0.586. The van der Waals surface area contributed by atoms with Gasteiger partial charge in [0, 0.05) is 6.42 Å². The third-order valence-electron chi connectivity index (χ3n) is 1.11. The van der Waals surface area contributed by atoms with E-state index in [0.29, 0.717) is 0 Å². The molecule has 0 unspecified atom stereocenters. The molecule has 0 bridgehead atoms. The van der Waals surface area contributed by atoms with E-state index in [1.807, 2.05) is 0 Å². The van der Waals surface area contributed by atoms with Crippen molar-refractivity contribution in [3.05, 3.63) is 11.8 Å². The molecule has 0 aromatic heterocycles. The summed E-state index contributed by atoms with van der Waals surface area (Å²) in [6.45, 7) is 3.21. The highest BCUT2D eigenvalue weighted by atomic mass is 16.4. The fourth-order valence-corrected chi connectivity index (χ4v) is 0.488. The number of carbonyl (C=O) groups is 2. The minimum Gasteiger partial charge on any atom is -0.477 e. The Morgan fingerprint density at radius 1 is 1.55 bits per heavy atom. The number of carbonyl (C=O) groups excluding carboxylic acids is 1. The van der Waals surface area contributed by atoms with Gasteiger partial charge in [0.25, 0.3) is 0 Å². The lowest BCUT2D eigenvalue weighted by atomic mass is 10.3. The number of amides is 1. The number of carboxylic acid groups (broad SMARTS) is 1. The molecule has 0 saturated carbocycles. The predicted molar refractivity (Wildman–Crippen MR) is 39.8 cm³/mol. The molecule has 0 aromatic carbocycles. The van der Waals surface area contributed by atoms with Gasteiger partial charge in [0.1, 0.15) is 5.70 Å². The summed E-state index contributed by atoms with van der Waals surface area (Å²) in [6, 6.07) is 0. The summed E-state index contributed by atoms with van der Waals surface area (Å²) in [5, 5.41) is 10.7. The van der Waals surface area contributed by atoms with Gasteiger partial charge in [-0.05, 0) is 6.92 Å². The Morgan fingerprint density at radius 3 is 2.36 bits per heavy atom. The highest BCUT2D eigenvalue weighted by Gasteiger charge is 2.07. The van der Waals surface area contributed by atoms with Crippen LogP contribution in [0, 0.1) is 0 Å². The Hall–Kier alpha value is -1.32. The molecule has 0 aliphatic heterocycles. The molecule has 0 rings (SSSR count). The Morgan fingerprint density at radius 2 is 2.09 bits per heavy atom. The van der Waals surface area contributed by atoms with E-state index < -0.39 is 5.97 Å². The van der Waals surface area contributed by atoms with Crippen LogP contribution >= 0.6 is 0 Å². The maximum absolute atomic E-state index is 10.7. The molecule has 62 valence electrons. The van der Waals surface area contributed by atoms with E-state index in [4.69, 9.17) is 5.11 Å². The number of rotatable bonds is 3. The standard InChI is InChI=1S/C7H11NO3/c1-3-5(7(10)11)8-6(9)4-2/h3H,4H2,1-2H3,(H,8,9)(H,10,11). The lowest BCUT2D eigenvalue weighted by molar-refractivity contribution is -0.134. The minimum absolute atomic E-state index is 0.0724. The summed E-state index contributed by atoms with van der Waals surface area (Å²) in [7, 11) is 0. The number of allylic oxidation sites excluding steroid dienone is 1. The van der Waals surface area contributed by atoms with Crippen LogP contribution in [-0.2, 0) is 9.59 Å². The highest BCUT2D eigenvalue weighted by Crippen LogP contribution is 1.89. The SMILES string of the molecule is CC=C(NC(=O)CC)C(=O)O. The van der Waals surface area contributed by atoms with Crippen LogP contribution in [0.3, 0.4) is 0 Å². The van der Waals surface area contributed by atoms with E-state index >= 15 is 0 Å². The number of carboxylic acids is 1. The van der Waals surface area contributed by atoms with Crippen molar-refractivity contribution in [2.75, 3.05) is 0 Å². The van der Waals surface area contributed by atoms with Crippen LogP contribution < -0.4 is 5.32 Å². The first-order valence-corrected chi connectivity index (χ1v) is 3.31. The Kier molecular flexibility index (Phi) is 3.95. The minimum atomic E-state index is -1.12. The van der Waals surface area contributed by atoms with E-state index in [0.717, 1.165) is 0 Å². The van der Waals surface area contributed by atoms with Crippen LogP contribution in [-0.4, -0.2) is 17.0 Å². The van der Waals surface area contributed by atoms with Crippen molar-refractivity contribution >= 4 is 11.9 Å². The summed E-state index contributed by atoms with van der Waals surface area (Å²) in [5.74, 6) is -1.41. The largest absolute Gasteiger partial charge is 0.477 e. The van der Waals surface area contributed by atoms with Crippen LogP contribution in [0.25, 0.3) is 0 Å². The zero-order chi connectivity index (χ0) is 8.85. The van der Waals surface area contributed by atoms with Crippen LogP contribution in [0.15, 0.2) is 11.8 Å². The van der Waals surface area contributed by atoms with Gasteiger partial charge in [-0.2, -0.15) is 0 Å². The van der Waals surface area contributed by atoms with Gasteiger partial charge in [0.05, 0.1) is 0 Å². The van der Waals surface area contributed by atoms with Crippen molar-refractivity contribution in [2.45, 2.75) is 20.3 Å². The second-order valence-electron chi connectivity index (χ2n) is 1.91. The van der Waals surface area contributed by atoms with E-state index in [1.165, 1.54) is 6.08 Å². The first kappa shape index (κ1) is 9.68. The summed E-state index contributed by atoms with van der Waals surface area (Å²) >= 11 is 0. The van der Waals surface area contributed by atoms with Crippen LogP contribution in [0.4, 0.5) is 0 Å². The van der Waals surface area contributed by atoms with Crippen molar-refractivity contribution < 1.29 is 14.7 Å². The normalized spacial score (nSPS) is 10.9. The van der Waals surface area contributed by atoms with E-state index in [-0.39, 0.29) is 18.0 Å². The van der Waals surface area contributed by atoms with Gasteiger partial charge in [-0.3, -0.25) is 4.79 Å². The zero-order valence-electron chi connectivity index (χ0n) is 6.55. The lowest BCUT2D eigenvalue weighted by Crippen LogP contribution is -2.26.